The maximum absolute atomic E-state index is 10.6. The van der Waals surface area contributed by atoms with Gasteiger partial charge in [-0.2, -0.15) is 5.26 Å². The van der Waals surface area contributed by atoms with E-state index in [9.17, 15) is 10.4 Å². The van der Waals surface area contributed by atoms with E-state index in [-0.39, 0.29) is 18.1 Å². The Bertz CT molecular complexity index is 334. The Hall–Kier alpha value is -0.630. The molecule has 0 amide bonds. The van der Waals surface area contributed by atoms with Crippen LogP contribution < -0.4 is 0 Å². The van der Waals surface area contributed by atoms with Crippen LogP contribution in [0.5, 0.6) is 0 Å². The number of nitriles is 1. The molecule has 3 aliphatic rings. The highest BCUT2D eigenvalue weighted by Gasteiger charge is 2.58. The average Bonchev–Trinajstić information content (AvgIpc) is 2.99. The van der Waals surface area contributed by atoms with Crippen LogP contribution in [-0.4, -0.2) is 36.6 Å². The molecule has 4 heteroatoms. The molecule has 0 spiro atoms. The molecule has 94 valence electrons. The van der Waals surface area contributed by atoms with E-state index in [1.54, 1.807) is 0 Å². The number of hydrogen-bond acceptors (Lipinski definition) is 4. The minimum absolute atomic E-state index is 0.0460. The molecule has 17 heavy (non-hydrogen) atoms. The molecule has 3 saturated heterocycles. The Morgan fingerprint density at radius 3 is 2.53 bits per heavy atom. The van der Waals surface area contributed by atoms with Crippen molar-refractivity contribution in [3.63, 3.8) is 0 Å². The maximum atomic E-state index is 10.6. The Morgan fingerprint density at radius 1 is 1.24 bits per heavy atom. The minimum atomic E-state index is -0.648. The van der Waals surface area contributed by atoms with Gasteiger partial charge in [0, 0.05) is 13.2 Å². The molecule has 0 saturated carbocycles. The number of aliphatic hydroxyl groups excluding tert-OH is 1. The van der Waals surface area contributed by atoms with Crippen molar-refractivity contribution in [2.24, 2.45) is 11.3 Å². The van der Waals surface area contributed by atoms with Gasteiger partial charge in [-0.15, -0.1) is 0 Å². The van der Waals surface area contributed by atoms with Gasteiger partial charge >= 0.3 is 0 Å². The first-order valence-electron chi connectivity index (χ1n) is 6.59. The number of nitrogens with zero attached hydrogens (tertiary/aromatic N) is 1. The van der Waals surface area contributed by atoms with Crippen molar-refractivity contribution in [3.05, 3.63) is 0 Å². The zero-order valence-electron chi connectivity index (χ0n) is 9.97. The van der Waals surface area contributed by atoms with E-state index < -0.39 is 11.5 Å². The third-order valence-corrected chi connectivity index (χ3v) is 4.70. The van der Waals surface area contributed by atoms with Gasteiger partial charge in [-0.3, -0.25) is 0 Å². The van der Waals surface area contributed by atoms with Crippen molar-refractivity contribution in [1.29, 1.82) is 5.26 Å². The second-order valence-electron chi connectivity index (χ2n) is 5.58. The van der Waals surface area contributed by atoms with Crippen LogP contribution in [0.15, 0.2) is 0 Å². The topological polar surface area (TPSA) is 62.5 Å². The lowest BCUT2D eigenvalue weighted by atomic mass is 9.66. The maximum Gasteiger partial charge on any atom is 0.112 e. The molecule has 0 aromatic carbocycles. The number of ether oxygens (including phenoxy) is 2. The average molecular weight is 237 g/mol. The molecule has 0 radical (unpaired) electrons. The van der Waals surface area contributed by atoms with E-state index in [0.717, 1.165) is 25.7 Å². The lowest BCUT2D eigenvalue weighted by Gasteiger charge is -2.38. The number of hydrogen-bond donors (Lipinski definition) is 1. The quantitative estimate of drug-likeness (QED) is 0.784. The van der Waals surface area contributed by atoms with Crippen LogP contribution in [0.1, 0.15) is 32.1 Å². The smallest absolute Gasteiger partial charge is 0.112 e. The summed E-state index contributed by atoms with van der Waals surface area (Å²) in [7, 11) is 0. The lowest BCUT2D eigenvalue weighted by molar-refractivity contribution is -0.0604. The standard InChI is InChI=1S/C13H19NO3/c14-8-13(7-10-1-2-11(13)17-10)12(15)9-3-5-16-6-4-9/h9-12,15H,1-7H2. The van der Waals surface area contributed by atoms with Gasteiger partial charge in [-0.05, 0) is 38.0 Å². The third-order valence-electron chi connectivity index (χ3n) is 4.70. The first kappa shape index (κ1) is 11.5. The van der Waals surface area contributed by atoms with E-state index in [1.165, 1.54) is 0 Å². The van der Waals surface area contributed by atoms with Crippen molar-refractivity contribution in [3.8, 4) is 6.07 Å². The van der Waals surface area contributed by atoms with Crippen molar-refractivity contribution < 1.29 is 14.6 Å². The van der Waals surface area contributed by atoms with Gasteiger partial charge in [0.05, 0.1) is 24.4 Å². The number of aliphatic hydroxyl groups is 1. The van der Waals surface area contributed by atoms with Crippen LogP contribution in [0.25, 0.3) is 0 Å². The van der Waals surface area contributed by atoms with E-state index in [4.69, 9.17) is 9.47 Å². The monoisotopic (exact) mass is 237 g/mol. The van der Waals surface area contributed by atoms with E-state index >= 15 is 0 Å². The lowest BCUT2D eigenvalue weighted by Crippen LogP contribution is -2.47. The van der Waals surface area contributed by atoms with Gasteiger partial charge in [0.2, 0.25) is 0 Å². The van der Waals surface area contributed by atoms with Gasteiger partial charge in [0.1, 0.15) is 5.41 Å². The van der Waals surface area contributed by atoms with Crippen molar-refractivity contribution in [2.45, 2.75) is 50.4 Å². The van der Waals surface area contributed by atoms with Gasteiger partial charge in [0.15, 0.2) is 0 Å². The van der Waals surface area contributed by atoms with E-state index in [1.807, 2.05) is 0 Å². The molecule has 1 N–H and O–H groups in total. The van der Waals surface area contributed by atoms with E-state index in [0.29, 0.717) is 19.6 Å². The van der Waals surface area contributed by atoms with E-state index in [2.05, 4.69) is 6.07 Å². The van der Waals surface area contributed by atoms with Crippen LogP contribution in [0, 0.1) is 22.7 Å². The second-order valence-corrected chi connectivity index (χ2v) is 5.58. The molecule has 3 aliphatic heterocycles. The fraction of sp³-hybridized carbons (Fsp3) is 0.923. The molecule has 4 nitrogen and oxygen atoms in total. The Kier molecular flexibility index (Phi) is 2.86. The third kappa shape index (κ3) is 1.69. The second kappa shape index (κ2) is 4.24. The first-order chi connectivity index (χ1) is 8.26. The molecule has 0 aromatic rings. The number of fused-ring (bicyclic) bond motifs is 2. The summed E-state index contributed by atoms with van der Waals surface area (Å²) in [5.74, 6) is 0.200. The summed E-state index contributed by atoms with van der Waals surface area (Å²) >= 11 is 0. The molecule has 3 rings (SSSR count). The predicted octanol–water partition coefficient (Wildman–Crippen LogP) is 1.24. The zero-order chi connectivity index (χ0) is 11.9. The SMILES string of the molecule is N#CC1(C(O)C2CCOCC2)CC2CCC1O2. The predicted molar refractivity (Wildman–Crippen MR) is 60.1 cm³/mol. The molecule has 4 unspecified atom stereocenters. The van der Waals surface area contributed by atoms with Gasteiger partial charge in [-0.1, -0.05) is 0 Å². The fourth-order valence-corrected chi connectivity index (χ4v) is 3.69. The van der Waals surface area contributed by atoms with Gasteiger partial charge in [0.25, 0.3) is 0 Å². The highest BCUT2D eigenvalue weighted by atomic mass is 16.5. The van der Waals surface area contributed by atoms with Crippen LogP contribution in [0.4, 0.5) is 0 Å². The highest BCUT2D eigenvalue weighted by Crippen LogP contribution is 2.51. The molecule has 3 fully saturated rings. The Morgan fingerprint density at radius 2 is 2.00 bits per heavy atom. The molecular weight excluding hydrogens is 218 g/mol. The normalized spacial score (nSPS) is 43.5. The molecule has 3 heterocycles. The van der Waals surface area contributed by atoms with Crippen molar-refractivity contribution in [2.75, 3.05) is 13.2 Å². The zero-order valence-corrected chi connectivity index (χ0v) is 9.97. The first-order valence-corrected chi connectivity index (χ1v) is 6.59. The molecule has 4 atom stereocenters. The van der Waals surface area contributed by atoms with Gasteiger partial charge in [-0.25, -0.2) is 0 Å². The van der Waals surface area contributed by atoms with Crippen LogP contribution in [-0.2, 0) is 9.47 Å². The highest BCUT2D eigenvalue weighted by molar-refractivity contribution is 5.16. The summed E-state index contributed by atoms with van der Waals surface area (Å²) in [5, 5.41) is 20.1. The van der Waals surface area contributed by atoms with Crippen LogP contribution in [0.3, 0.4) is 0 Å². The molecule has 0 aliphatic carbocycles. The van der Waals surface area contributed by atoms with Crippen molar-refractivity contribution in [1.82, 2.24) is 0 Å². The minimum Gasteiger partial charge on any atom is -0.391 e. The molecule has 0 aromatic heterocycles. The summed E-state index contributed by atoms with van der Waals surface area (Å²) in [6.45, 7) is 1.41. The fourth-order valence-electron chi connectivity index (χ4n) is 3.69. The number of rotatable bonds is 2. The Balaban J connectivity index is 1.78. The van der Waals surface area contributed by atoms with Crippen molar-refractivity contribution >= 4 is 0 Å². The summed E-state index contributed by atoms with van der Waals surface area (Å²) in [6, 6.07) is 2.39. The van der Waals surface area contributed by atoms with Crippen LogP contribution >= 0.6 is 0 Å². The summed E-state index contributed by atoms with van der Waals surface area (Å²) in [6.07, 6.45) is 4.03. The largest absolute Gasteiger partial charge is 0.391 e. The summed E-state index contributed by atoms with van der Waals surface area (Å²) in [5.41, 5.74) is -0.648. The Labute approximate surface area is 102 Å². The molecule has 2 bridgehead atoms. The van der Waals surface area contributed by atoms with Gasteiger partial charge < -0.3 is 14.6 Å². The molecular formula is C13H19NO3. The summed E-state index contributed by atoms with van der Waals surface area (Å²) in [4.78, 5) is 0. The summed E-state index contributed by atoms with van der Waals surface area (Å²) < 4.78 is 11.1. The van der Waals surface area contributed by atoms with Crippen LogP contribution in [0.2, 0.25) is 0 Å².